The Bertz CT molecular complexity index is 482. The van der Waals surface area contributed by atoms with E-state index < -0.39 is 0 Å². The van der Waals surface area contributed by atoms with E-state index in [0.717, 1.165) is 38.0 Å². The fourth-order valence-corrected chi connectivity index (χ4v) is 3.03. The van der Waals surface area contributed by atoms with Crippen molar-refractivity contribution >= 4 is 5.91 Å². The van der Waals surface area contributed by atoms with Gasteiger partial charge in [-0.3, -0.25) is 9.69 Å². The summed E-state index contributed by atoms with van der Waals surface area (Å²) in [5.41, 5.74) is 1.29. The summed E-state index contributed by atoms with van der Waals surface area (Å²) < 4.78 is 5.49. The first-order chi connectivity index (χ1) is 10.3. The molecule has 1 saturated heterocycles. The van der Waals surface area contributed by atoms with E-state index in [9.17, 15) is 4.79 Å². The molecule has 4 heteroatoms. The molecule has 0 aromatic heterocycles. The molecule has 0 spiro atoms. The maximum absolute atomic E-state index is 12.0. The molecule has 2 fully saturated rings. The quantitative estimate of drug-likeness (QED) is 0.874. The fourth-order valence-electron chi connectivity index (χ4n) is 3.03. The van der Waals surface area contributed by atoms with Crippen molar-refractivity contribution in [2.24, 2.45) is 0 Å². The number of amides is 1. The van der Waals surface area contributed by atoms with Gasteiger partial charge in [0.15, 0.2) is 0 Å². The predicted molar refractivity (Wildman–Crippen MR) is 82.3 cm³/mol. The largest absolute Gasteiger partial charge is 0.494 e. The van der Waals surface area contributed by atoms with Gasteiger partial charge in [-0.05, 0) is 56.8 Å². The molecule has 4 nitrogen and oxygen atoms in total. The van der Waals surface area contributed by atoms with E-state index in [2.05, 4.69) is 22.3 Å². The van der Waals surface area contributed by atoms with Crippen LogP contribution >= 0.6 is 0 Å². The highest BCUT2D eigenvalue weighted by Gasteiger charge is 2.29. The van der Waals surface area contributed by atoms with Crippen molar-refractivity contribution in [3.8, 4) is 5.75 Å². The highest BCUT2D eigenvalue weighted by atomic mass is 16.5. The van der Waals surface area contributed by atoms with Gasteiger partial charge in [0.25, 0.3) is 0 Å². The molecule has 1 N–H and O–H groups in total. The van der Waals surface area contributed by atoms with Crippen LogP contribution in [0.1, 0.15) is 44.2 Å². The third-order valence-corrected chi connectivity index (χ3v) is 4.23. The highest BCUT2D eigenvalue weighted by Crippen LogP contribution is 2.32. The molecule has 0 radical (unpaired) electrons. The molecule has 1 aromatic carbocycles. The molecule has 3 rings (SSSR count). The van der Waals surface area contributed by atoms with Crippen LogP contribution in [0.15, 0.2) is 24.3 Å². The van der Waals surface area contributed by atoms with Gasteiger partial charge in [0.1, 0.15) is 5.75 Å². The summed E-state index contributed by atoms with van der Waals surface area (Å²) >= 11 is 0. The Balaban J connectivity index is 1.60. The van der Waals surface area contributed by atoms with Crippen molar-refractivity contribution in [3.63, 3.8) is 0 Å². The molecule has 1 heterocycles. The van der Waals surface area contributed by atoms with Crippen LogP contribution in [0.25, 0.3) is 0 Å². The highest BCUT2D eigenvalue weighted by molar-refractivity contribution is 5.78. The molecule has 1 aliphatic heterocycles. The Kier molecular flexibility index (Phi) is 4.44. The lowest BCUT2D eigenvalue weighted by Gasteiger charge is -2.24. The van der Waals surface area contributed by atoms with Crippen molar-refractivity contribution < 1.29 is 9.53 Å². The molecular formula is C17H24N2O2. The molecular weight excluding hydrogens is 264 g/mol. The minimum absolute atomic E-state index is 0.176. The van der Waals surface area contributed by atoms with Crippen LogP contribution < -0.4 is 10.1 Å². The first-order valence-electron chi connectivity index (χ1n) is 8.02. The summed E-state index contributed by atoms with van der Waals surface area (Å²) in [6, 6.07) is 9.13. The molecule has 1 aliphatic carbocycles. The molecule has 2 aliphatic rings. The van der Waals surface area contributed by atoms with E-state index in [4.69, 9.17) is 4.74 Å². The molecule has 114 valence electrons. The summed E-state index contributed by atoms with van der Waals surface area (Å²) in [5, 5.41) is 3.08. The van der Waals surface area contributed by atoms with Crippen LogP contribution in [0.3, 0.4) is 0 Å². The third kappa shape index (κ3) is 3.76. The Morgan fingerprint density at radius 2 is 2.05 bits per heavy atom. The third-order valence-electron chi connectivity index (χ3n) is 4.23. The Hall–Kier alpha value is -1.55. The number of benzene rings is 1. The maximum Gasteiger partial charge on any atom is 0.234 e. The number of hydrogen-bond acceptors (Lipinski definition) is 3. The van der Waals surface area contributed by atoms with Gasteiger partial charge < -0.3 is 10.1 Å². The minimum atomic E-state index is 0.176. The number of rotatable bonds is 6. The zero-order valence-electron chi connectivity index (χ0n) is 12.7. The lowest BCUT2D eigenvalue weighted by molar-refractivity contribution is -0.122. The summed E-state index contributed by atoms with van der Waals surface area (Å²) in [4.78, 5) is 14.3. The number of likely N-dealkylation sites (tertiary alicyclic amines) is 1. The van der Waals surface area contributed by atoms with Crippen molar-refractivity contribution in [2.75, 3.05) is 19.7 Å². The molecule has 1 aromatic rings. The van der Waals surface area contributed by atoms with Crippen LogP contribution in [-0.4, -0.2) is 36.5 Å². The summed E-state index contributed by atoms with van der Waals surface area (Å²) in [6.07, 6.45) is 4.58. The molecule has 0 unspecified atom stereocenters. The van der Waals surface area contributed by atoms with Crippen LogP contribution in [0.5, 0.6) is 5.75 Å². The SMILES string of the molecule is CCOc1ccc([C@@H]2CCCN2CC(=O)NC2CC2)cc1. The Morgan fingerprint density at radius 1 is 1.29 bits per heavy atom. The molecule has 21 heavy (non-hydrogen) atoms. The van der Waals surface area contributed by atoms with Gasteiger partial charge in [-0.25, -0.2) is 0 Å². The second-order valence-electron chi connectivity index (χ2n) is 5.97. The van der Waals surface area contributed by atoms with Crippen molar-refractivity contribution in [2.45, 2.75) is 44.7 Å². The van der Waals surface area contributed by atoms with Gasteiger partial charge in [0.2, 0.25) is 5.91 Å². The number of carbonyl (C=O) groups excluding carboxylic acids is 1. The summed E-state index contributed by atoms with van der Waals surface area (Å²) in [5.74, 6) is 1.09. The van der Waals surface area contributed by atoms with Crippen molar-refractivity contribution in [1.29, 1.82) is 0 Å². The van der Waals surface area contributed by atoms with Gasteiger partial charge in [0, 0.05) is 12.1 Å². The molecule has 1 atom stereocenters. The van der Waals surface area contributed by atoms with Gasteiger partial charge in [-0.15, -0.1) is 0 Å². The fraction of sp³-hybridized carbons (Fsp3) is 0.588. The molecule has 1 amide bonds. The number of nitrogens with zero attached hydrogens (tertiary/aromatic N) is 1. The zero-order chi connectivity index (χ0) is 14.7. The topological polar surface area (TPSA) is 41.6 Å². The van der Waals surface area contributed by atoms with Crippen LogP contribution in [0.4, 0.5) is 0 Å². The van der Waals surface area contributed by atoms with Crippen molar-refractivity contribution in [3.05, 3.63) is 29.8 Å². The second-order valence-corrected chi connectivity index (χ2v) is 5.97. The van der Waals surface area contributed by atoms with Crippen molar-refractivity contribution in [1.82, 2.24) is 10.2 Å². The number of carbonyl (C=O) groups is 1. The van der Waals surface area contributed by atoms with E-state index >= 15 is 0 Å². The van der Waals surface area contributed by atoms with E-state index in [1.54, 1.807) is 0 Å². The summed E-state index contributed by atoms with van der Waals surface area (Å²) in [6.45, 7) is 4.21. The molecule has 1 saturated carbocycles. The van der Waals surface area contributed by atoms with Gasteiger partial charge in [-0.1, -0.05) is 12.1 Å². The van der Waals surface area contributed by atoms with E-state index in [1.165, 1.54) is 5.56 Å². The smallest absolute Gasteiger partial charge is 0.234 e. The number of nitrogens with one attached hydrogen (secondary N) is 1. The van der Waals surface area contributed by atoms with Crippen LogP contribution in [0, 0.1) is 0 Å². The predicted octanol–water partition coefficient (Wildman–Crippen LogP) is 2.50. The monoisotopic (exact) mass is 288 g/mol. The minimum Gasteiger partial charge on any atom is -0.494 e. The first-order valence-corrected chi connectivity index (χ1v) is 8.02. The first kappa shape index (κ1) is 14.4. The second kappa shape index (κ2) is 6.48. The number of ether oxygens (including phenoxy) is 1. The average Bonchev–Trinajstić information content (AvgIpc) is 3.17. The van der Waals surface area contributed by atoms with Crippen LogP contribution in [-0.2, 0) is 4.79 Å². The zero-order valence-corrected chi connectivity index (χ0v) is 12.7. The lowest BCUT2D eigenvalue weighted by Crippen LogP contribution is -2.37. The van der Waals surface area contributed by atoms with Gasteiger partial charge in [-0.2, -0.15) is 0 Å². The van der Waals surface area contributed by atoms with Gasteiger partial charge in [0.05, 0.1) is 13.2 Å². The van der Waals surface area contributed by atoms with Gasteiger partial charge >= 0.3 is 0 Å². The average molecular weight is 288 g/mol. The Labute approximate surface area is 126 Å². The normalized spacial score (nSPS) is 22.2. The van der Waals surface area contributed by atoms with E-state index in [1.807, 2.05) is 19.1 Å². The lowest BCUT2D eigenvalue weighted by atomic mass is 10.0. The standard InChI is InChI=1S/C17H24N2O2/c1-2-21-15-9-5-13(6-10-15)16-4-3-11-19(16)12-17(20)18-14-7-8-14/h5-6,9-10,14,16H,2-4,7-8,11-12H2,1H3,(H,18,20)/t16-/m0/s1. The number of hydrogen-bond donors (Lipinski definition) is 1. The maximum atomic E-state index is 12.0. The van der Waals surface area contributed by atoms with Crippen LogP contribution in [0.2, 0.25) is 0 Å². The molecule has 0 bridgehead atoms. The van der Waals surface area contributed by atoms with E-state index in [0.29, 0.717) is 25.2 Å². The van der Waals surface area contributed by atoms with E-state index in [-0.39, 0.29) is 5.91 Å². The summed E-state index contributed by atoms with van der Waals surface area (Å²) in [7, 11) is 0. The Morgan fingerprint density at radius 3 is 2.71 bits per heavy atom.